The van der Waals surface area contributed by atoms with Crippen molar-refractivity contribution in [3.8, 4) is 0 Å². The van der Waals surface area contributed by atoms with Crippen LogP contribution in [0, 0.1) is 0 Å². The standard InChI is InChI=1S/C15H15N3O2S/c1-11(12-6-3-2-4-7-12)17-14(19)15(20)18-16-10-13-8-5-9-21-13/h2-11H,1H3,(H,17,19)(H,18,20)/b16-10-/t11-/m1/s1. The van der Waals surface area contributed by atoms with Gasteiger partial charge in [0, 0.05) is 4.88 Å². The molecule has 0 unspecified atom stereocenters. The van der Waals surface area contributed by atoms with Gasteiger partial charge in [0.25, 0.3) is 0 Å². The zero-order chi connectivity index (χ0) is 15.1. The third kappa shape index (κ3) is 4.54. The molecular weight excluding hydrogens is 286 g/mol. The van der Waals surface area contributed by atoms with Gasteiger partial charge in [0.15, 0.2) is 0 Å². The average Bonchev–Trinajstić information content (AvgIpc) is 3.01. The molecule has 0 saturated carbocycles. The van der Waals surface area contributed by atoms with E-state index in [0.29, 0.717) is 0 Å². The zero-order valence-electron chi connectivity index (χ0n) is 11.4. The van der Waals surface area contributed by atoms with E-state index in [2.05, 4.69) is 15.8 Å². The molecule has 0 aliphatic rings. The van der Waals surface area contributed by atoms with Crippen LogP contribution in [0.15, 0.2) is 52.9 Å². The van der Waals surface area contributed by atoms with Gasteiger partial charge in [-0.2, -0.15) is 5.10 Å². The van der Waals surface area contributed by atoms with Crippen LogP contribution in [0.25, 0.3) is 0 Å². The Kier molecular flexibility index (Phi) is 5.22. The third-order valence-electron chi connectivity index (χ3n) is 2.75. The summed E-state index contributed by atoms with van der Waals surface area (Å²) in [4.78, 5) is 24.2. The number of hydrazone groups is 1. The van der Waals surface area contributed by atoms with Crippen LogP contribution < -0.4 is 10.7 Å². The predicted octanol–water partition coefficient (Wildman–Crippen LogP) is 2.08. The molecule has 0 aliphatic carbocycles. The number of benzene rings is 1. The molecule has 5 nitrogen and oxygen atoms in total. The molecule has 0 aliphatic heterocycles. The van der Waals surface area contributed by atoms with Crippen LogP contribution in [0.2, 0.25) is 0 Å². The maximum absolute atomic E-state index is 11.7. The second kappa shape index (κ2) is 7.35. The Hall–Kier alpha value is -2.47. The molecule has 108 valence electrons. The highest BCUT2D eigenvalue weighted by atomic mass is 32.1. The van der Waals surface area contributed by atoms with E-state index in [9.17, 15) is 9.59 Å². The van der Waals surface area contributed by atoms with E-state index < -0.39 is 11.8 Å². The Morgan fingerprint density at radius 1 is 1.14 bits per heavy atom. The number of thiophene rings is 1. The first-order valence-electron chi connectivity index (χ1n) is 6.39. The first kappa shape index (κ1) is 14.9. The Bertz CT molecular complexity index is 624. The van der Waals surface area contributed by atoms with Gasteiger partial charge in [-0.1, -0.05) is 36.4 Å². The van der Waals surface area contributed by atoms with Gasteiger partial charge in [0.1, 0.15) is 0 Å². The fraction of sp³-hybridized carbons (Fsp3) is 0.133. The minimum atomic E-state index is -0.786. The third-order valence-corrected chi connectivity index (χ3v) is 3.56. The first-order valence-corrected chi connectivity index (χ1v) is 7.27. The van der Waals surface area contributed by atoms with Crippen LogP contribution in [-0.4, -0.2) is 18.0 Å². The predicted molar refractivity (Wildman–Crippen MR) is 83.1 cm³/mol. The maximum atomic E-state index is 11.7. The van der Waals surface area contributed by atoms with Crippen molar-refractivity contribution in [1.29, 1.82) is 0 Å². The molecule has 1 aromatic heterocycles. The number of rotatable bonds is 4. The monoisotopic (exact) mass is 301 g/mol. The highest BCUT2D eigenvalue weighted by Gasteiger charge is 2.16. The van der Waals surface area contributed by atoms with Crippen molar-refractivity contribution >= 4 is 29.4 Å². The molecule has 0 radical (unpaired) electrons. The molecule has 21 heavy (non-hydrogen) atoms. The van der Waals surface area contributed by atoms with Crippen molar-refractivity contribution in [2.75, 3.05) is 0 Å². The van der Waals surface area contributed by atoms with Gasteiger partial charge in [0.2, 0.25) is 0 Å². The summed E-state index contributed by atoms with van der Waals surface area (Å²) < 4.78 is 0. The number of hydrogen-bond acceptors (Lipinski definition) is 4. The van der Waals surface area contributed by atoms with E-state index in [0.717, 1.165) is 10.4 Å². The summed E-state index contributed by atoms with van der Waals surface area (Å²) in [5, 5.41) is 8.26. The second-order valence-corrected chi connectivity index (χ2v) is 5.30. The lowest BCUT2D eigenvalue weighted by Crippen LogP contribution is -2.39. The quantitative estimate of drug-likeness (QED) is 0.515. The summed E-state index contributed by atoms with van der Waals surface area (Å²) >= 11 is 1.49. The van der Waals surface area contributed by atoms with Gasteiger partial charge in [-0.3, -0.25) is 9.59 Å². The molecule has 2 rings (SSSR count). The van der Waals surface area contributed by atoms with Crippen molar-refractivity contribution in [3.05, 3.63) is 58.3 Å². The minimum Gasteiger partial charge on any atom is -0.341 e. The van der Waals surface area contributed by atoms with Crippen molar-refractivity contribution in [3.63, 3.8) is 0 Å². The van der Waals surface area contributed by atoms with E-state index in [1.807, 2.05) is 54.8 Å². The van der Waals surface area contributed by atoms with Crippen LogP contribution in [0.3, 0.4) is 0 Å². The van der Waals surface area contributed by atoms with E-state index in [4.69, 9.17) is 0 Å². The number of nitrogens with zero attached hydrogens (tertiary/aromatic N) is 1. The SMILES string of the molecule is C[C@@H](NC(=O)C(=O)N/N=C\c1cccs1)c1ccccc1. The lowest BCUT2D eigenvalue weighted by atomic mass is 10.1. The maximum Gasteiger partial charge on any atom is 0.329 e. The van der Waals surface area contributed by atoms with Crippen molar-refractivity contribution in [2.45, 2.75) is 13.0 Å². The Morgan fingerprint density at radius 3 is 2.57 bits per heavy atom. The summed E-state index contributed by atoms with van der Waals surface area (Å²) in [5.41, 5.74) is 3.13. The van der Waals surface area contributed by atoms with E-state index in [1.54, 1.807) is 0 Å². The lowest BCUT2D eigenvalue weighted by Gasteiger charge is -2.13. The molecule has 2 aromatic rings. The number of amides is 2. The summed E-state index contributed by atoms with van der Waals surface area (Å²) in [5.74, 6) is -1.50. The molecule has 0 fully saturated rings. The minimum absolute atomic E-state index is 0.245. The molecule has 0 spiro atoms. The topological polar surface area (TPSA) is 70.6 Å². The van der Waals surface area contributed by atoms with Crippen LogP contribution >= 0.6 is 11.3 Å². The molecule has 2 N–H and O–H groups in total. The first-order chi connectivity index (χ1) is 10.2. The smallest absolute Gasteiger partial charge is 0.329 e. The fourth-order valence-electron chi connectivity index (χ4n) is 1.66. The van der Waals surface area contributed by atoms with Crippen LogP contribution in [0.1, 0.15) is 23.4 Å². The molecule has 1 heterocycles. The summed E-state index contributed by atoms with van der Waals surface area (Å²) in [6.45, 7) is 1.81. The molecule has 1 atom stereocenters. The molecular formula is C15H15N3O2S. The molecule has 6 heteroatoms. The number of hydrogen-bond donors (Lipinski definition) is 2. The van der Waals surface area contributed by atoms with Crippen molar-refractivity contribution in [1.82, 2.24) is 10.7 Å². The largest absolute Gasteiger partial charge is 0.341 e. The van der Waals surface area contributed by atoms with E-state index in [1.165, 1.54) is 17.6 Å². The second-order valence-electron chi connectivity index (χ2n) is 4.32. The Morgan fingerprint density at radius 2 is 1.90 bits per heavy atom. The lowest BCUT2D eigenvalue weighted by molar-refractivity contribution is -0.139. The van der Waals surface area contributed by atoms with E-state index >= 15 is 0 Å². The van der Waals surface area contributed by atoms with Gasteiger partial charge in [0.05, 0.1) is 12.3 Å². The molecule has 0 bridgehead atoms. The molecule has 0 saturated heterocycles. The summed E-state index contributed by atoms with van der Waals surface area (Å²) in [7, 11) is 0. The normalized spacial score (nSPS) is 12.0. The Labute approximate surface area is 126 Å². The van der Waals surface area contributed by atoms with Gasteiger partial charge in [-0.05, 0) is 23.9 Å². The van der Waals surface area contributed by atoms with Crippen LogP contribution in [0.4, 0.5) is 0 Å². The van der Waals surface area contributed by atoms with Crippen LogP contribution in [0.5, 0.6) is 0 Å². The summed E-state index contributed by atoms with van der Waals surface area (Å²) in [6.07, 6.45) is 1.50. The average molecular weight is 301 g/mol. The van der Waals surface area contributed by atoms with E-state index in [-0.39, 0.29) is 6.04 Å². The highest BCUT2D eigenvalue weighted by molar-refractivity contribution is 7.11. The number of carbonyl (C=O) groups is 2. The van der Waals surface area contributed by atoms with Crippen molar-refractivity contribution < 1.29 is 9.59 Å². The number of nitrogens with one attached hydrogen (secondary N) is 2. The Balaban J connectivity index is 1.84. The van der Waals surface area contributed by atoms with Gasteiger partial charge < -0.3 is 5.32 Å². The molecule has 2 amide bonds. The molecule has 1 aromatic carbocycles. The zero-order valence-corrected chi connectivity index (χ0v) is 12.3. The van der Waals surface area contributed by atoms with Gasteiger partial charge in [-0.15, -0.1) is 11.3 Å². The van der Waals surface area contributed by atoms with Gasteiger partial charge in [-0.25, -0.2) is 5.43 Å². The summed E-state index contributed by atoms with van der Waals surface area (Å²) in [6, 6.07) is 12.9. The number of carbonyl (C=O) groups excluding carboxylic acids is 2. The van der Waals surface area contributed by atoms with Gasteiger partial charge >= 0.3 is 11.8 Å². The van der Waals surface area contributed by atoms with Crippen molar-refractivity contribution in [2.24, 2.45) is 5.10 Å². The van der Waals surface area contributed by atoms with Crippen LogP contribution in [-0.2, 0) is 9.59 Å². The fourth-order valence-corrected chi connectivity index (χ4v) is 2.24. The highest BCUT2D eigenvalue weighted by Crippen LogP contribution is 2.10.